The molecule has 1 N–H and O–H groups in total. The maximum absolute atomic E-state index is 14.2. The highest BCUT2D eigenvalue weighted by Crippen LogP contribution is 2.30. The molecule has 1 aromatic heterocycles. The first-order valence-electron chi connectivity index (χ1n) is 11.2. The molecular weight excluding hydrogens is 459 g/mol. The van der Waals surface area contributed by atoms with E-state index in [1.165, 1.54) is 19.4 Å². The van der Waals surface area contributed by atoms with Crippen LogP contribution in [0.1, 0.15) is 42.4 Å². The minimum atomic E-state index is -0.880. The quantitative estimate of drug-likeness (QED) is 0.418. The molecule has 2 atom stereocenters. The Kier molecular flexibility index (Phi) is 8.81. The molecule has 0 aliphatic rings. The van der Waals surface area contributed by atoms with E-state index in [0.717, 1.165) is 12.1 Å². The summed E-state index contributed by atoms with van der Waals surface area (Å²) in [6, 6.07) is 7.58. The van der Waals surface area contributed by atoms with E-state index in [2.05, 4.69) is 15.3 Å². The zero-order valence-electron chi connectivity index (χ0n) is 20.1. The van der Waals surface area contributed by atoms with Crippen molar-refractivity contribution >= 4 is 11.6 Å². The Morgan fingerprint density at radius 1 is 1.11 bits per heavy atom. The second-order valence-corrected chi connectivity index (χ2v) is 8.19. The number of rotatable bonds is 10. The van der Waals surface area contributed by atoms with Crippen LogP contribution in [-0.2, 0) is 22.6 Å². The predicted octanol–water partition coefficient (Wildman–Crippen LogP) is 5.35. The number of carbonyl (C=O) groups excluding carboxylic acids is 1. The Morgan fingerprint density at radius 2 is 1.89 bits per heavy atom. The lowest BCUT2D eigenvalue weighted by Gasteiger charge is -2.25. The number of hydrogen-bond donors (Lipinski definition) is 1. The van der Waals surface area contributed by atoms with Crippen molar-refractivity contribution in [3.05, 3.63) is 82.7 Å². The Balaban J connectivity index is 1.90. The molecule has 9 heteroatoms. The molecule has 3 aromatic rings. The fourth-order valence-corrected chi connectivity index (χ4v) is 3.69. The van der Waals surface area contributed by atoms with Crippen LogP contribution in [0.15, 0.2) is 42.6 Å². The summed E-state index contributed by atoms with van der Waals surface area (Å²) >= 11 is 0. The number of methoxy groups -OCH3 is 1. The summed E-state index contributed by atoms with van der Waals surface area (Å²) in [5, 5.41) is 2.51. The minimum Gasteiger partial charge on any atom is -0.489 e. The Bertz CT molecular complexity index is 1190. The molecule has 3 rings (SSSR count). The number of aromatic nitrogens is 2. The number of ether oxygens (including phenoxy) is 2. The summed E-state index contributed by atoms with van der Waals surface area (Å²) in [6.45, 7) is 5.50. The van der Waals surface area contributed by atoms with Crippen LogP contribution in [0, 0.1) is 30.3 Å². The molecular formula is C26H28F3N3O3. The number of hydrogen-bond acceptors (Lipinski definition) is 5. The van der Waals surface area contributed by atoms with Crippen molar-refractivity contribution in [3.63, 3.8) is 0 Å². The van der Waals surface area contributed by atoms with E-state index in [9.17, 15) is 18.0 Å². The van der Waals surface area contributed by atoms with Crippen molar-refractivity contribution in [2.45, 2.75) is 39.7 Å². The van der Waals surface area contributed by atoms with Gasteiger partial charge < -0.3 is 14.8 Å². The molecule has 0 radical (unpaired) electrons. The smallest absolute Gasteiger partial charge is 0.228 e. The second kappa shape index (κ2) is 11.8. The molecule has 2 aromatic carbocycles. The molecule has 0 spiro atoms. The van der Waals surface area contributed by atoms with Gasteiger partial charge >= 0.3 is 0 Å². The van der Waals surface area contributed by atoms with E-state index in [-0.39, 0.29) is 24.7 Å². The van der Waals surface area contributed by atoms with Crippen LogP contribution in [0.4, 0.5) is 18.9 Å². The molecule has 0 bridgehead atoms. The van der Waals surface area contributed by atoms with Crippen LogP contribution in [0.3, 0.4) is 0 Å². The Morgan fingerprint density at radius 3 is 2.57 bits per heavy atom. The van der Waals surface area contributed by atoms with Gasteiger partial charge in [0.05, 0.1) is 25.1 Å². The maximum Gasteiger partial charge on any atom is 0.228 e. The first-order valence-corrected chi connectivity index (χ1v) is 11.2. The normalized spacial score (nSPS) is 12.8. The monoisotopic (exact) mass is 487 g/mol. The maximum atomic E-state index is 14.2. The molecule has 35 heavy (non-hydrogen) atoms. The summed E-state index contributed by atoms with van der Waals surface area (Å²) in [5.41, 5.74) is 1.61. The molecule has 0 fully saturated rings. The zero-order valence-corrected chi connectivity index (χ0v) is 20.1. The first-order chi connectivity index (χ1) is 16.7. The van der Waals surface area contributed by atoms with Gasteiger partial charge in [0, 0.05) is 25.0 Å². The number of anilines is 1. The van der Waals surface area contributed by atoms with Crippen molar-refractivity contribution in [3.8, 4) is 5.75 Å². The summed E-state index contributed by atoms with van der Waals surface area (Å²) in [7, 11) is 1.54. The summed E-state index contributed by atoms with van der Waals surface area (Å²) in [5.74, 6) is -2.74. The fraction of sp³-hybridized carbons (Fsp3) is 0.346. The number of halogens is 3. The third-order valence-corrected chi connectivity index (χ3v) is 5.73. The minimum absolute atomic E-state index is 0.0401. The van der Waals surface area contributed by atoms with Crippen LogP contribution in [0.5, 0.6) is 5.75 Å². The standard InChI is InChI=1S/C26H28F3N3O3/c1-5-17-10-18(6-8-21(17)28)20(13-35-25-12-30-16(3)31-24(25)14-34-4)15(2)26(33)32-23-9-7-19(27)11-22(23)29/h6-12,15,20H,5,13-14H2,1-4H3,(H,32,33)/t15-,20?/m1/s1. The molecule has 6 nitrogen and oxygen atoms in total. The van der Waals surface area contributed by atoms with E-state index in [1.807, 2.05) is 6.92 Å². The largest absolute Gasteiger partial charge is 0.489 e. The number of nitrogens with zero attached hydrogens (tertiary/aromatic N) is 2. The van der Waals surface area contributed by atoms with E-state index >= 15 is 0 Å². The number of carbonyl (C=O) groups is 1. The van der Waals surface area contributed by atoms with Gasteiger partial charge in [0.1, 0.15) is 29.0 Å². The van der Waals surface area contributed by atoms with E-state index in [4.69, 9.17) is 9.47 Å². The van der Waals surface area contributed by atoms with Gasteiger partial charge in [0.25, 0.3) is 0 Å². The Hall–Kier alpha value is -3.46. The highest BCUT2D eigenvalue weighted by Gasteiger charge is 2.28. The average Bonchev–Trinajstić information content (AvgIpc) is 2.83. The van der Waals surface area contributed by atoms with Gasteiger partial charge in [-0.25, -0.2) is 23.1 Å². The van der Waals surface area contributed by atoms with Crippen LogP contribution in [0.2, 0.25) is 0 Å². The van der Waals surface area contributed by atoms with Crippen molar-refractivity contribution in [1.82, 2.24) is 9.97 Å². The van der Waals surface area contributed by atoms with Crippen molar-refractivity contribution in [2.24, 2.45) is 5.92 Å². The fourth-order valence-electron chi connectivity index (χ4n) is 3.69. The molecule has 0 saturated carbocycles. The number of aryl methyl sites for hydroxylation is 2. The third kappa shape index (κ3) is 6.57. The zero-order chi connectivity index (χ0) is 25.5. The van der Waals surface area contributed by atoms with Crippen molar-refractivity contribution in [1.29, 1.82) is 0 Å². The van der Waals surface area contributed by atoms with Gasteiger partial charge in [0.15, 0.2) is 5.75 Å². The highest BCUT2D eigenvalue weighted by atomic mass is 19.1. The topological polar surface area (TPSA) is 73.3 Å². The van der Waals surface area contributed by atoms with Gasteiger partial charge in [-0.3, -0.25) is 4.79 Å². The molecule has 0 saturated heterocycles. The molecule has 0 aliphatic carbocycles. The molecule has 1 heterocycles. The van der Waals surface area contributed by atoms with Crippen LogP contribution < -0.4 is 10.1 Å². The first kappa shape index (κ1) is 26.2. The summed E-state index contributed by atoms with van der Waals surface area (Å²) in [4.78, 5) is 21.6. The lowest BCUT2D eigenvalue weighted by atomic mass is 9.86. The van der Waals surface area contributed by atoms with Crippen LogP contribution >= 0.6 is 0 Å². The SMILES string of the molecule is CCc1cc(C(COc2cnc(C)nc2COC)[C@@H](C)C(=O)Nc2ccc(F)cc2F)ccc1F. The lowest BCUT2D eigenvalue weighted by Crippen LogP contribution is -2.30. The van der Waals surface area contributed by atoms with Gasteiger partial charge in [-0.2, -0.15) is 0 Å². The van der Waals surface area contributed by atoms with E-state index in [0.29, 0.717) is 40.9 Å². The van der Waals surface area contributed by atoms with Gasteiger partial charge in [-0.15, -0.1) is 0 Å². The number of amides is 1. The van der Waals surface area contributed by atoms with Gasteiger partial charge in [-0.05, 0) is 42.7 Å². The molecule has 1 amide bonds. The number of benzene rings is 2. The third-order valence-electron chi connectivity index (χ3n) is 5.73. The molecule has 186 valence electrons. The lowest BCUT2D eigenvalue weighted by molar-refractivity contribution is -0.120. The summed E-state index contributed by atoms with van der Waals surface area (Å²) in [6.07, 6.45) is 2.01. The average molecular weight is 488 g/mol. The van der Waals surface area contributed by atoms with Crippen LogP contribution in [-0.4, -0.2) is 29.6 Å². The van der Waals surface area contributed by atoms with E-state index in [1.54, 1.807) is 26.0 Å². The van der Waals surface area contributed by atoms with E-state index < -0.39 is 29.4 Å². The van der Waals surface area contributed by atoms with Gasteiger partial charge in [0.2, 0.25) is 5.91 Å². The predicted molar refractivity (Wildman–Crippen MR) is 126 cm³/mol. The van der Waals surface area contributed by atoms with Gasteiger partial charge in [-0.1, -0.05) is 26.0 Å². The van der Waals surface area contributed by atoms with Crippen molar-refractivity contribution in [2.75, 3.05) is 19.0 Å². The van der Waals surface area contributed by atoms with Crippen molar-refractivity contribution < 1.29 is 27.4 Å². The highest BCUT2D eigenvalue weighted by molar-refractivity contribution is 5.93. The molecule has 0 aliphatic heterocycles. The Labute approximate surface area is 202 Å². The second-order valence-electron chi connectivity index (χ2n) is 8.19. The van der Waals surface area contributed by atoms with Crippen LogP contribution in [0.25, 0.3) is 0 Å². The summed E-state index contributed by atoms with van der Waals surface area (Å²) < 4.78 is 52.8. The number of nitrogens with one attached hydrogen (secondary N) is 1. The molecule has 1 unspecified atom stereocenters.